The Morgan fingerprint density at radius 1 is 0.917 bits per heavy atom. The minimum Gasteiger partial charge on any atom is -0.287 e. The fourth-order valence-electron chi connectivity index (χ4n) is 2.36. The number of rotatable bonds is 3. The molecule has 0 atom stereocenters. The van der Waals surface area contributed by atoms with Gasteiger partial charge < -0.3 is 0 Å². The van der Waals surface area contributed by atoms with Crippen molar-refractivity contribution in [2.45, 2.75) is 0 Å². The molecule has 0 saturated heterocycles. The molecule has 0 fully saturated rings. The lowest BCUT2D eigenvalue weighted by Crippen LogP contribution is -2.15. The van der Waals surface area contributed by atoms with Crippen LogP contribution in [0, 0.1) is 0 Å². The summed E-state index contributed by atoms with van der Waals surface area (Å²) in [6.07, 6.45) is 8.27. The summed E-state index contributed by atoms with van der Waals surface area (Å²) >= 11 is 0. The van der Waals surface area contributed by atoms with Gasteiger partial charge in [-0.25, -0.2) is 14.3 Å². The normalized spacial score (nSPS) is 10.7. The summed E-state index contributed by atoms with van der Waals surface area (Å²) in [4.78, 5) is 20.7. The molecule has 0 aliphatic rings. The molecular formula is C17H12N6O. The van der Waals surface area contributed by atoms with Gasteiger partial charge in [0.15, 0.2) is 11.5 Å². The predicted molar refractivity (Wildman–Crippen MR) is 88.0 cm³/mol. The van der Waals surface area contributed by atoms with E-state index in [2.05, 4.69) is 20.2 Å². The van der Waals surface area contributed by atoms with Gasteiger partial charge in [0.2, 0.25) is 5.43 Å². The largest absolute Gasteiger partial charge is 0.287 e. The Morgan fingerprint density at radius 3 is 2.67 bits per heavy atom. The number of hydrogen-bond acceptors (Lipinski definition) is 5. The first-order chi connectivity index (χ1) is 11.8. The summed E-state index contributed by atoms with van der Waals surface area (Å²) in [6, 6.07) is 12.4. The summed E-state index contributed by atoms with van der Waals surface area (Å²) < 4.78 is 3.21. The van der Waals surface area contributed by atoms with Crippen LogP contribution in [-0.4, -0.2) is 29.5 Å². The number of nitrogens with zero attached hydrogens (tertiary/aromatic N) is 6. The second-order valence-electron chi connectivity index (χ2n) is 5.00. The lowest BCUT2D eigenvalue weighted by Gasteiger charge is -2.08. The first-order valence-electron chi connectivity index (χ1n) is 7.29. The summed E-state index contributed by atoms with van der Waals surface area (Å²) in [5, 5.41) is 8.71. The van der Waals surface area contributed by atoms with Gasteiger partial charge in [-0.1, -0.05) is 6.07 Å². The Labute approximate surface area is 136 Å². The highest BCUT2D eigenvalue weighted by molar-refractivity contribution is 5.56. The minimum absolute atomic E-state index is 0.187. The molecule has 4 heterocycles. The zero-order valence-corrected chi connectivity index (χ0v) is 12.5. The van der Waals surface area contributed by atoms with Crippen LogP contribution in [0.25, 0.3) is 22.9 Å². The molecule has 0 bridgehead atoms. The zero-order chi connectivity index (χ0) is 16.4. The lowest BCUT2D eigenvalue weighted by molar-refractivity contribution is 0.810. The van der Waals surface area contributed by atoms with Crippen LogP contribution in [0.4, 0.5) is 0 Å². The van der Waals surface area contributed by atoms with Crippen molar-refractivity contribution in [3.8, 4) is 22.9 Å². The third kappa shape index (κ3) is 2.48. The van der Waals surface area contributed by atoms with Crippen LogP contribution >= 0.6 is 0 Å². The Bertz CT molecular complexity index is 1020. The second kappa shape index (κ2) is 5.88. The van der Waals surface area contributed by atoms with E-state index >= 15 is 0 Å². The maximum atomic E-state index is 12.3. The van der Waals surface area contributed by atoms with Crippen LogP contribution < -0.4 is 5.43 Å². The third-order valence-electron chi connectivity index (χ3n) is 3.47. The SMILES string of the molecule is O=c1ccn(-c2cccnc2)nc1-c1ccnn1-c1ccccn1. The predicted octanol–water partition coefficient (Wildman–Crippen LogP) is 1.88. The zero-order valence-electron chi connectivity index (χ0n) is 12.5. The molecule has 0 spiro atoms. The van der Waals surface area contributed by atoms with Gasteiger partial charge in [0.1, 0.15) is 5.69 Å². The molecule has 0 unspecified atom stereocenters. The summed E-state index contributed by atoms with van der Waals surface area (Å²) in [5.74, 6) is 0.621. The minimum atomic E-state index is -0.187. The lowest BCUT2D eigenvalue weighted by atomic mass is 10.2. The van der Waals surface area contributed by atoms with Crippen molar-refractivity contribution in [1.29, 1.82) is 0 Å². The van der Waals surface area contributed by atoms with E-state index < -0.39 is 0 Å². The second-order valence-corrected chi connectivity index (χ2v) is 5.00. The molecule has 4 rings (SSSR count). The number of hydrogen-bond donors (Lipinski definition) is 0. The van der Waals surface area contributed by atoms with Gasteiger partial charge in [-0.05, 0) is 30.3 Å². The molecule has 7 heteroatoms. The monoisotopic (exact) mass is 316 g/mol. The van der Waals surface area contributed by atoms with Crippen LogP contribution in [0.5, 0.6) is 0 Å². The highest BCUT2D eigenvalue weighted by atomic mass is 16.1. The van der Waals surface area contributed by atoms with E-state index in [0.717, 1.165) is 5.69 Å². The molecule has 4 aromatic heterocycles. The summed E-state index contributed by atoms with van der Waals surface area (Å²) in [5.41, 5.74) is 1.46. The smallest absolute Gasteiger partial charge is 0.209 e. The first-order valence-corrected chi connectivity index (χ1v) is 7.29. The Balaban J connectivity index is 1.87. The topological polar surface area (TPSA) is 78.5 Å². The summed E-state index contributed by atoms with van der Waals surface area (Å²) in [7, 11) is 0. The van der Waals surface area contributed by atoms with Gasteiger partial charge >= 0.3 is 0 Å². The number of pyridine rings is 2. The van der Waals surface area contributed by atoms with Crippen LogP contribution in [-0.2, 0) is 0 Å². The molecule has 4 aromatic rings. The maximum absolute atomic E-state index is 12.3. The molecule has 0 aromatic carbocycles. The van der Waals surface area contributed by atoms with Crippen LogP contribution in [0.1, 0.15) is 0 Å². The Morgan fingerprint density at radius 2 is 1.88 bits per heavy atom. The highest BCUT2D eigenvalue weighted by Gasteiger charge is 2.14. The van der Waals surface area contributed by atoms with Gasteiger partial charge in [-0.15, -0.1) is 0 Å². The molecule has 0 radical (unpaired) electrons. The highest BCUT2D eigenvalue weighted by Crippen LogP contribution is 2.16. The van der Waals surface area contributed by atoms with E-state index in [-0.39, 0.29) is 5.43 Å². The fourth-order valence-corrected chi connectivity index (χ4v) is 2.36. The number of aromatic nitrogens is 6. The van der Waals surface area contributed by atoms with Gasteiger partial charge in [0, 0.05) is 24.7 Å². The van der Waals surface area contributed by atoms with Crippen molar-refractivity contribution in [1.82, 2.24) is 29.5 Å². The molecule has 0 aliphatic heterocycles. The van der Waals surface area contributed by atoms with Crippen molar-refractivity contribution in [2.24, 2.45) is 0 Å². The van der Waals surface area contributed by atoms with Gasteiger partial charge in [0.05, 0.1) is 18.1 Å². The van der Waals surface area contributed by atoms with Crippen molar-refractivity contribution in [3.63, 3.8) is 0 Å². The molecule has 116 valence electrons. The fraction of sp³-hybridized carbons (Fsp3) is 0. The molecular weight excluding hydrogens is 304 g/mol. The quantitative estimate of drug-likeness (QED) is 0.576. The van der Waals surface area contributed by atoms with Crippen molar-refractivity contribution in [3.05, 3.63) is 83.7 Å². The molecule has 0 amide bonds. The van der Waals surface area contributed by atoms with Crippen LogP contribution in [0.3, 0.4) is 0 Å². The Hall–Kier alpha value is -3.61. The van der Waals surface area contributed by atoms with E-state index in [1.807, 2.05) is 30.3 Å². The van der Waals surface area contributed by atoms with Crippen molar-refractivity contribution in [2.75, 3.05) is 0 Å². The van der Waals surface area contributed by atoms with Crippen LogP contribution in [0.2, 0.25) is 0 Å². The Kier molecular flexibility index (Phi) is 3.43. The maximum Gasteiger partial charge on any atom is 0.209 e. The average molecular weight is 316 g/mol. The first kappa shape index (κ1) is 14.0. The molecule has 0 aliphatic carbocycles. The molecule has 0 saturated carbocycles. The molecule has 0 N–H and O–H groups in total. The van der Waals surface area contributed by atoms with E-state index in [1.165, 1.54) is 6.07 Å². The van der Waals surface area contributed by atoms with E-state index in [9.17, 15) is 4.79 Å². The standard InChI is InChI=1S/C17H12N6O/c24-15-7-11-22(13-4-3-8-18-12-13)21-17(15)14-6-10-20-23(14)16-5-1-2-9-19-16/h1-12H. The molecule has 7 nitrogen and oxygen atoms in total. The van der Waals surface area contributed by atoms with Gasteiger partial charge in [-0.3, -0.25) is 9.78 Å². The van der Waals surface area contributed by atoms with E-state index in [0.29, 0.717) is 17.2 Å². The summed E-state index contributed by atoms with van der Waals surface area (Å²) in [6.45, 7) is 0. The third-order valence-corrected chi connectivity index (χ3v) is 3.47. The van der Waals surface area contributed by atoms with E-state index in [4.69, 9.17) is 0 Å². The van der Waals surface area contributed by atoms with Crippen molar-refractivity contribution < 1.29 is 0 Å². The van der Waals surface area contributed by atoms with E-state index in [1.54, 1.807) is 46.4 Å². The van der Waals surface area contributed by atoms with Gasteiger partial charge in [0.25, 0.3) is 0 Å². The molecule has 24 heavy (non-hydrogen) atoms. The average Bonchev–Trinajstić information content (AvgIpc) is 3.13. The van der Waals surface area contributed by atoms with Crippen LogP contribution in [0.15, 0.2) is 78.2 Å². The van der Waals surface area contributed by atoms with Crippen molar-refractivity contribution >= 4 is 0 Å². The van der Waals surface area contributed by atoms with Gasteiger partial charge in [-0.2, -0.15) is 10.2 Å².